The fourth-order valence-corrected chi connectivity index (χ4v) is 3.98. The standard InChI is InChI=1S/C15H13F2NO4S/c1-8-12(22-11-6-9(16)5-10(17)7-11)3-4-13-14(8)15(19)18(2)23(13,20)21/h3-7,15,19H,1-2H3. The third kappa shape index (κ3) is 2.48. The number of sulfonamides is 1. The molecule has 1 aliphatic rings. The molecule has 0 saturated heterocycles. The highest BCUT2D eigenvalue weighted by Crippen LogP contribution is 2.42. The van der Waals surface area contributed by atoms with Gasteiger partial charge in [-0.25, -0.2) is 17.2 Å². The first-order chi connectivity index (χ1) is 10.7. The minimum Gasteiger partial charge on any atom is -0.457 e. The number of aliphatic hydroxyl groups excluding tert-OH is 1. The van der Waals surface area contributed by atoms with Gasteiger partial charge in [-0.3, -0.25) is 0 Å². The Bertz CT molecular complexity index is 878. The second-order valence-corrected chi connectivity index (χ2v) is 7.17. The lowest BCUT2D eigenvalue weighted by Gasteiger charge is -2.15. The topological polar surface area (TPSA) is 66.8 Å². The molecule has 1 N–H and O–H groups in total. The summed E-state index contributed by atoms with van der Waals surface area (Å²) < 4.78 is 57.0. The van der Waals surface area contributed by atoms with Gasteiger partial charge in [0.25, 0.3) is 0 Å². The van der Waals surface area contributed by atoms with E-state index in [-0.39, 0.29) is 22.0 Å². The molecule has 1 unspecified atom stereocenters. The minimum absolute atomic E-state index is 0.0113. The molecular weight excluding hydrogens is 328 g/mol. The third-order valence-electron chi connectivity index (χ3n) is 3.75. The zero-order valence-corrected chi connectivity index (χ0v) is 13.1. The Labute approximate surface area is 131 Å². The molecule has 0 aromatic heterocycles. The van der Waals surface area contributed by atoms with Gasteiger partial charge in [0, 0.05) is 36.4 Å². The molecular formula is C15H13F2NO4S. The van der Waals surface area contributed by atoms with E-state index in [0.717, 1.165) is 16.4 Å². The number of nitrogens with zero attached hydrogens (tertiary/aromatic N) is 1. The van der Waals surface area contributed by atoms with Gasteiger partial charge in [0.15, 0.2) is 0 Å². The highest BCUT2D eigenvalue weighted by atomic mass is 32.2. The zero-order chi connectivity index (χ0) is 16.9. The van der Waals surface area contributed by atoms with Crippen LogP contribution in [0.5, 0.6) is 11.5 Å². The highest BCUT2D eigenvalue weighted by molar-refractivity contribution is 7.89. The highest BCUT2D eigenvalue weighted by Gasteiger charge is 2.41. The number of rotatable bonds is 2. The van der Waals surface area contributed by atoms with Crippen LogP contribution < -0.4 is 4.74 Å². The maximum Gasteiger partial charge on any atom is 0.245 e. The van der Waals surface area contributed by atoms with Crippen LogP contribution in [0.4, 0.5) is 8.78 Å². The van der Waals surface area contributed by atoms with Crippen molar-refractivity contribution in [2.24, 2.45) is 0 Å². The van der Waals surface area contributed by atoms with Crippen molar-refractivity contribution in [3.8, 4) is 11.5 Å². The number of fused-ring (bicyclic) bond motifs is 1. The van der Waals surface area contributed by atoms with Crippen LogP contribution in [-0.2, 0) is 10.0 Å². The summed E-state index contributed by atoms with van der Waals surface area (Å²) >= 11 is 0. The monoisotopic (exact) mass is 341 g/mol. The molecule has 1 atom stereocenters. The molecule has 2 aromatic carbocycles. The predicted octanol–water partition coefficient (Wildman–Crippen LogP) is 2.69. The lowest BCUT2D eigenvalue weighted by molar-refractivity contribution is 0.0843. The average Bonchev–Trinajstić information content (AvgIpc) is 2.62. The van der Waals surface area contributed by atoms with Gasteiger partial charge in [-0.15, -0.1) is 0 Å². The van der Waals surface area contributed by atoms with E-state index in [4.69, 9.17) is 4.74 Å². The molecule has 3 rings (SSSR count). The van der Waals surface area contributed by atoms with Gasteiger partial charge in [-0.1, -0.05) is 0 Å². The van der Waals surface area contributed by atoms with Crippen molar-refractivity contribution in [3.63, 3.8) is 0 Å². The summed E-state index contributed by atoms with van der Waals surface area (Å²) in [5.41, 5.74) is 0.578. The molecule has 23 heavy (non-hydrogen) atoms. The normalized spacial score (nSPS) is 19.6. The molecule has 1 heterocycles. The van der Waals surface area contributed by atoms with E-state index in [1.165, 1.54) is 19.2 Å². The summed E-state index contributed by atoms with van der Waals surface area (Å²) in [4.78, 5) is -0.0113. The van der Waals surface area contributed by atoms with Crippen LogP contribution in [0.2, 0.25) is 0 Å². The van der Waals surface area contributed by atoms with Crippen molar-refractivity contribution >= 4 is 10.0 Å². The molecule has 0 saturated carbocycles. The number of ether oxygens (including phenoxy) is 1. The van der Waals surface area contributed by atoms with Crippen LogP contribution in [0.1, 0.15) is 17.4 Å². The smallest absolute Gasteiger partial charge is 0.245 e. The molecule has 0 spiro atoms. The van der Waals surface area contributed by atoms with Gasteiger partial charge in [0.05, 0.1) is 4.90 Å². The lowest BCUT2D eigenvalue weighted by Crippen LogP contribution is -2.23. The zero-order valence-electron chi connectivity index (χ0n) is 12.2. The molecule has 8 heteroatoms. The minimum atomic E-state index is -3.75. The van der Waals surface area contributed by atoms with Gasteiger partial charge in [0.1, 0.15) is 29.4 Å². The molecule has 2 aromatic rings. The second kappa shape index (κ2) is 5.26. The van der Waals surface area contributed by atoms with Crippen molar-refractivity contribution < 1.29 is 27.0 Å². The maximum atomic E-state index is 13.2. The van der Waals surface area contributed by atoms with Gasteiger partial charge in [-0.2, -0.15) is 4.31 Å². The molecule has 0 radical (unpaired) electrons. The van der Waals surface area contributed by atoms with E-state index in [0.29, 0.717) is 11.6 Å². The number of hydrogen-bond donors (Lipinski definition) is 1. The quantitative estimate of drug-likeness (QED) is 0.912. The van der Waals surface area contributed by atoms with Crippen LogP contribution in [0, 0.1) is 18.6 Å². The summed E-state index contributed by atoms with van der Waals surface area (Å²) in [6, 6.07) is 5.42. The summed E-state index contributed by atoms with van der Waals surface area (Å²) in [5, 5.41) is 10.1. The Balaban J connectivity index is 2.08. The summed E-state index contributed by atoms with van der Waals surface area (Å²) in [6.07, 6.45) is -1.33. The second-order valence-electron chi connectivity index (χ2n) is 5.20. The maximum absolute atomic E-state index is 13.2. The Morgan fingerprint density at radius 1 is 1.17 bits per heavy atom. The lowest BCUT2D eigenvalue weighted by atomic mass is 10.1. The van der Waals surface area contributed by atoms with E-state index in [2.05, 4.69) is 0 Å². The SMILES string of the molecule is Cc1c(Oc2cc(F)cc(F)c2)ccc2c1C(O)N(C)S2(=O)=O. The fraction of sp³-hybridized carbons (Fsp3) is 0.200. The largest absolute Gasteiger partial charge is 0.457 e. The molecule has 5 nitrogen and oxygen atoms in total. The van der Waals surface area contributed by atoms with Crippen LogP contribution in [0.3, 0.4) is 0 Å². The predicted molar refractivity (Wildman–Crippen MR) is 77.5 cm³/mol. The molecule has 0 amide bonds. The van der Waals surface area contributed by atoms with E-state index < -0.39 is 27.9 Å². The van der Waals surface area contributed by atoms with E-state index in [1.54, 1.807) is 6.92 Å². The Morgan fingerprint density at radius 3 is 2.39 bits per heavy atom. The molecule has 0 bridgehead atoms. The van der Waals surface area contributed by atoms with Crippen LogP contribution >= 0.6 is 0 Å². The average molecular weight is 341 g/mol. The first-order valence-electron chi connectivity index (χ1n) is 6.65. The Hall–Kier alpha value is -2.03. The van der Waals surface area contributed by atoms with Crippen molar-refractivity contribution in [1.82, 2.24) is 4.31 Å². The van der Waals surface area contributed by atoms with Crippen molar-refractivity contribution in [1.29, 1.82) is 0 Å². The van der Waals surface area contributed by atoms with Crippen molar-refractivity contribution in [2.75, 3.05) is 7.05 Å². The van der Waals surface area contributed by atoms with Gasteiger partial charge >= 0.3 is 0 Å². The Morgan fingerprint density at radius 2 is 1.78 bits per heavy atom. The molecule has 0 aliphatic carbocycles. The Kier molecular flexibility index (Phi) is 3.62. The summed E-state index contributed by atoms with van der Waals surface area (Å²) in [7, 11) is -2.49. The first-order valence-corrected chi connectivity index (χ1v) is 8.09. The summed E-state index contributed by atoms with van der Waals surface area (Å²) in [6.45, 7) is 1.57. The third-order valence-corrected chi connectivity index (χ3v) is 5.62. The van der Waals surface area contributed by atoms with Crippen LogP contribution in [0.15, 0.2) is 35.2 Å². The number of benzene rings is 2. The summed E-state index contributed by atoms with van der Waals surface area (Å²) in [5.74, 6) is -1.44. The van der Waals surface area contributed by atoms with Gasteiger partial charge in [-0.05, 0) is 19.1 Å². The van der Waals surface area contributed by atoms with Crippen LogP contribution in [-0.4, -0.2) is 24.9 Å². The number of hydrogen-bond acceptors (Lipinski definition) is 4. The molecule has 1 aliphatic heterocycles. The van der Waals surface area contributed by atoms with Crippen LogP contribution in [0.25, 0.3) is 0 Å². The van der Waals surface area contributed by atoms with E-state index in [1.807, 2.05) is 0 Å². The first kappa shape index (κ1) is 15.9. The van der Waals surface area contributed by atoms with E-state index >= 15 is 0 Å². The van der Waals surface area contributed by atoms with Gasteiger partial charge < -0.3 is 9.84 Å². The van der Waals surface area contributed by atoms with Gasteiger partial charge in [0.2, 0.25) is 10.0 Å². The van der Waals surface area contributed by atoms with Crippen molar-refractivity contribution in [3.05, 3.63) is 53.1 Å². The number of aliphatic hydroxyl groups is 1. The van der Waals surface area contributed by atoms with E-state index in [9.17, 15) is 22.3 Å². The molecule has 0 fully saturated rings. The molecule has 122 valence electrons. The fourth-order valence-electron chi connectivity index (χ4n) is 2.52. The number of halogens is 2. The van der Waals surface area contributed by atoms with Crippen molar-refractivity contribution in [2.45, 2.75) is 18.0 Å².